The molecule has 0 saturated carbocycles. The number of carboxylic acids is 1. The lowest BCUT2D eigenvalue weighted by Gasteiger charge is -2.16. The molecule has 0 aliphatic heterocycles. The Morgan fingerprint density at radius 1 is 0.583 bits per heavy atom. The normalized spacial score (nSPS) is 11.6. The predicted octanol–water partition coefficient (Wildman–Crippen LogP) is 6.73. The molecular weight excluding hydrogens is 464 g/mol. The van der Waals surface area contributed by atoms with E-state index in [1.165, 1.54) is 0 Å². The lowest BCUT2D eigenvalue weighted by atomic mass is 10.0. The van der Waals surface area contributed by atoms with Crippen molar-refractivity contribution in [3.8, 4) is 0 Å². The highest BCUT2D eigenvalue weighted by molar-refractivity contribution is 5.74. The van der Waals surface area contributed by atoms with Crippen LogP contribution in [0.2, 0.25) is 0 Å². The summed E-state index contributed by atoms with van der Waals surface area (Å²) in [7, 11) is 0. The second-order valence-corrected chi connectivity index (χ2v) is 9.51. The van der Waals surface area contributed by atoms with Crippen molar-refractivity contribution in [1.29, 1.82) is 0 Å². The average molecular weight is 515 g/mol. The van der Waals surface area contributed by atoms with Crippen molar-refractivity contribution in [3.05, 3.63) is 0 Å². The van der Waals surface area contributed by atoms with E-state index in [-0.39, 0.29) is 25.0 Å². The van der Waals surface area contributed by atoms with Gasteiger partial charge in [0.1, 0.15) is 6.61 Å². The minimum Gasteiger partial charge on any atom is -0.481 e. The van der Waals surface area contributed by atoms with Gasteiger partial charge in [-0.05, 0) is 25.7 Å². The molecule has 0 heterocycles. The molecule has 0 fully saturated rings. The lowest BCUT2D eigenvalue weighted by molar-refractivity contribution is -0.172. The third-order valence-electron chi connectivity index (χ3n) is 6.11. The van der Waals surface area contributed by atoms with Crippen molar-refractivity contribution in [1.82, 2.24) is 0 Å². The Labute approximate surface area is 217 Å². The fourth-order valence-electron chi connectivity index (χ4n) is 3.82. The SMILES string of the molecule is CCCCCCCC(=O)OCOC(=O)C(CCCCCCCC(=O)O)COC(=O)CCCCCCC. The molecule has 0 spiro atoms. The topological polar surface area (TPSA) is 116 Å². The Balaban J connectivity index is 4.37. The standard InChI is InChI=1S/C28H50O8/c1-3-5-7-10-16-20-26(31)34-22-24(18-14-12-9-13-15-19-25(29)30)28(33)36-23-35-27(32)21-17-11-8-6-4-2/h24H,3-23H2,1-2H3,(H,29,30). The molecule has 0 aromatic rings. The molecule has 0 aromatic heterocycles. The second-order valence-electron chi connectivity index (χ2n) is 9.51. The molecule has 8 nitrogen and oxygen atoms in total. The molecule has 0 radical (unpaired) electrons. The number of ether oxygens (including phenoxy) is 3. The highest BCUT2D eigenvalue weighted by Gasteiger charge is 2.22. The molecule has 0 amide bonds. The first-order chi connectivity index (χ1) is 17.4. The molecule has 1 unspecified atom stereocenters. The molecule has 0 rings (SSSR count). The monoisotopic (exact) mass is 514 g/mol. The predicted molar refractivity (Wildman–Crippen MR) is 138 cm³/mol. The number of carboxylic acid groups (broad SMARTS) is 1. The number of esters is 3. The molecule has 8 heteroatoms. The van der Waals surface area contributed by atoms with Crippen molar-refractivity contribution in [3.63, 3.8) is 0 Å². The van der Waals surface area contributed by atoms with E-state index in [1.54, 1.807) is 0 Å². The number of carbonyl (C=O) groups is 4. The summed E-state index contributed by atoms with van der Waals surface area (Å²) in [6.07, 6.45) is 15.5. The van der Waals surface area contributed by atoms with Gasteiger partial charge in [0.15, 0.2) is 0 Å². The fraction of sp³-hybridized carbons (Fsp3) is 0.857. The molecule has 1 N–H and O–H groups in total. The minimum atomic E-state index is -0.790. The van der Waals surface area contributed by atoms with Crippen LogP contribution in [0.15, 0.2) is 0 Å². The molecule has 0 bridgehead atoms. The smallest absolute Gasteiger partial charge is 0.315 e. The van der Waals surface area contributed by atoms with E-state index in [4.69, 9.17) is 19.3 Å². The largest absolute Gasteiger partial charge is 0.481 e. The van der Waals surface area contributed by atoms with Gasteiger partial charge in [0.05, 0.1) is 5.92 Å². The number of rotatable bonds is 25. The maximum atomic E-state index is 12.6. The van der Waals surface area contributed by atoms with Gasteiger partial charge in [0.2, 0.25) is 6.79 Å². The van der Waals surface area contributed by atoms with Crippen LogP contribution in [0.3, 0.4) is 0 Å². The Bertz CT molecular complexity index is 590. The van der Waals surface area contributed by atoms with Crippen LogP contribution in [-0.2, 0) is 33.4 Å². The van der Waals surface area contributed by atoms with E-state index in [0.717, 1.165) is 89.9 Å². The van der Waals surface area contributed by atoms with Gasteiger partial charge in [-0.1, -0.05) is 90.9 Å². The highest BCUT2D eigenvalue weighted by Crippen LogP contribution is 2.16. The summed E-state index contributed by atoms with van der Waals surface area (Å²) < 4.78 is 15.5. The van der Waals surface area contributed by atoms with E-state index in [9.17, 15) is 19.2 Å². The third-order valence-corrected chi connectivity index (χ3v) is 6.11. The maximum Gasteiger partial charge on any atom is 0.315 e. The molecule has 210 valence electrons. The zero-order valence-corrected chi connectivity index (χ0v) is 22.7. The molecule has 0 aliphatic carbocycles. The van der Waals surface area contributed by atoms with Crippen LogP contribution in [-0.4, -0.2) is 42.4 Å². The molecule has 0 aromatic carbocycles. The summed E-state index contributed by atoms with van der Waals surface area (Å²) in [4.78, 5) is 47.1. The summed E-state index contributed by atoms with van der Waals surface area (Å²) in [5, 5.41) is 8.70. The van der Waals surface area contributed by atoms with E-state index < -0.39 is 24.6 Å². The summed E-state index contributed by atoms with van der Waals surface area (Å²) in [6, 6.07) is 0. The van der Waals surface area contributed by atoms with Crippen LogP contribution >= 0.6 is 0 Å². The number of hydrogen-bond donors (Lipinski definition) is 1. The van der Waals surface area contributed by atoms with Crippen LogP contribution in [0.1, 0.15) is 136 Å². The molecule has 1 atom stereocenters. The number of carbonyl (C=O) groups excluding carboxylic acids is 3. The van der Waals surface area contributed by atoms with Gasteiger partial charge in [-0.15, -0.1) is 0 Å². The maximum absolute atomic E-state index is 12.6. The van der Waals surface area contributed by atoms with Crippen LogP contribution in [0.25, 0.3) is 0 Å². The first-order valence-electron chi connectivity index (χ1n) is 14.1. The van der Waals surface area contributed by atoms with E-state index in [0.29, 0.717) is 25.7 Å². The first-order valence-corrected chi connectivity index (χ1v) is 14.1. The Kier molecular flexibility index (Phi) is 23.1. The Morgan fingerprint density at radius 3 is 1.61 bits per heavy atom. The van der Waals surface area contributed by atoms with E-state index in [2.05, 4.69) is 13.8 Å². The number of aliphatic carboxylic acids is 1. The molecular formula is C28H50O8. The van der Waals surface area contributed by atoms with Gasteiger partial charge in [-0.25, -0.2) is 0 Å². The zero-order valence-electron chi connectivity index (χ0n) is 22.7. The zero-order chi connectivity index (χ0) is 26.9. The van der Waals surface area contributed by atoms with Gasteiger partial charge in [0, 0.05) is 19.3 Å². The van der Waals surface area contributed by atoms with Gasteiger partial charge in [0.25, 0.3) is 0 Å². The van der Waals surface area contributed by atoms with E-state index in [1.807, 2.05) is 0 Å². The van der Waals surface area contributed by atoms with Gasteiger partial charge < -0.3 is 19.3 Å². The van der Waals surface area contributed by atoms with Crippen molar-refractivity contribution in [2.24, 2.45) is 5.92 Å². The van der Waals surface area contributed by atoms with Crippen molar-refractivity contribution >= 4 is 23.9 Å². The molecule has 36 heavy (non-hydrogen) atoms. The van der Waals surface area contributed by atoms with Gasteiger partial charge in [-0.3, -0.25) is 19.2 Å². The summed E-state index contributed by atoms with van der Waals surface area (Å²) in [5.74, 6) is -2.63. The Morgan fingerprint density at radius 2 is 1.06 bits per heavy atom. The highest BCUT2D eigenvalue weighted by atomic mass is 16.7. The summed E-state index contributed by atoms with van der Waals surface area (Å²) in [6.45, 7) is 3.80. The minimum absolute atomic E-state index is 0.0446. The van der Waals surface area contributed by atoms with Crippen LogP contribution < -0.4 is 0 Å². The number of unbranched alkanes of at least 4 members (excludes halogenated alkanes) is 12. The second kappa shape index (κ2) is 24.6. The van der Waals surface area contributed by atoms with Crippen molar-refractivity contribution < 1.29 is 38.5 Å². The Hall–Kier alpha value is -2.12. The van der Waals surface area contributed by atoms with Crippen molar-refractivity contribution in [2.75, 3.05) is 13.4 Å². The van der Waals surface area contributed by atoms with Gasteiger partial charge >= 0.3 is 23.9 Å². The van der Waals surface area contributed by atoms with Crippen molar-refractivity contribution in [2.45, 2.75) is 136 Å². The summed E-state index contributed by atoms with van der Waals surface area (Å²) >= 11 is 0. The molecule has 0 aliphatic rings. The quantitative estimate of drug-likeness (QED) is 0.0810. The summed E-state index contributed by atoms with van der Waals surface area (Å²) in [5.41, 5.74) is 0. The van der Waals surface area contributed by atoms with Gasteiger partial charge in [-0.2, -0.15) is 0 Å². The van der Waals surface area contributed by atoms with E-state index >= 15 is 0 Å². The fourth-order valence-corrected chi connectivity index (χ4v) is 3.82. The molecule has 0 saturated heterocycles. The van der Waals surface area contributed by atoms with Crippen LogP contribution in [0, 0.1) is 5.92 Å². The number of hydrogen-bond acceptors (Lipinski definition) is 7. The first kappa shape index (κ1) is 33.9. The lowest BCUT2D eigenvalue weighted by Crippen LogP contribution is -2.26. The van der Waals surface area contributed by atoms with Crippen LogP contribution in [0.4, 0.5) is 0 Å². The third kappa shape index (κ3) is 22.4. The average Bonchev–Trinajstić information content (AvgIpc) is 2.84. The van der Waals surface area contributed by atoms with Crippen LogP contribution in [0.5, 0.6) is 0 Å².